The molecule has 1 saturated carbocycles. The van der Waals surface area contributed by atoms with Crippen molar-refractivity contribution < 1.29 is 19.5 Å². The number of hydrogen-bond donors (Lipinski definition) is 3. The SMILES string of the molecule is CC1(O)CC(=O)C(C(=O)Nc2ccccc2)C(c2cn(Cc3ccccc3)c3ccccc23)C1C(=O)Nc1ccccc1. The molecule has 1 aliphatic rings. The molecule has 1 aliphatic carbocycles. The van der Waals surface area contributed by atoms with Crippen molar-refractivity contribution in [2.45, 2.75) is 31.4 Å². The molecule has 1 heterocycles. The molecule has 0 bridgehead atoms. The third-order valence-corrected chi connectivity index (χ3v) is 8.29. The van der Waals surface area contributed by atoms with Gasteiger partial charge in [0.25, 0.3) is 0 Å². The summed E-state index contributed by atoms with van der Waals surface area (Å²) in [6.45, 7) is 2.07. The molecule has 0 saturated heterocycles. The van der Waals surface area contributed by atoms with Gasteiger partial charge in [0.1, 0.15) is 11.7 Å². The largest absolute Gasteiger partial charge is 0.389 e. The van der Waals surface area contributed by atoms with Gasteiger partial charge in [-0.3, -0.25) is 14.4 Å². The van der Waals surface area contributed by atoms with E-state index in [1.807, 2.05) is 85.1 Å². The molecule has 7 nitrogen and oxygen atoms in total. The number of Topliss-reactive ketones (excluding diaryl/α,β-unsaturated/α-hetero) is 1. The minimum Gasteiger partial charge on any atom is -0.389 e. The number of nitrogens with one attached hydrogen (secondary N) is 2. The maximum Gasteiger partial charge on any atom is 0.235 e. The molecule has 0 aliphatic heterocycles. The summed E-state index contributed by atoms with van der Waals surface area (Å²) in [7, 11) is 0. The number of aliphatic hydroxyl groups is 1. The molecule has 1 aromatic heterocycles. The van der Waals surface area contributed by atoms with E-state index in [2.05, 4.69) is 15.2 Å². The Labute approximate surface area is 250 Å². The Morgan fingerprint density at radius 1 is 0.791 bits per heavy atom. The van der Waals surface area contributed by atoms with Crippen LogP contribution in [0, 0.1) is 11.8 Å². The fraction of sp³-hybridized carbons (Fsp3) is 0.194. The van der Waals surface area contributed by atoms with Crippen LogP contribution in [-0.2, 0) is 20.9 Å². The third-order valence-electron chi connectivity index (χ3n) is 8.29. The molecule has 4 unspecified atom stereocenters. The number of hydrogen-bond acceptors (Lipinski definition) is 4. The van der Waals surface area contributed by atoms with Gasteiger partial charge in [0.15, 0.2) is 0 Å². The van der Waals surface area contributed by atoms with Gasteiger partial charge < -0.3 is 20.3 Å². The van der Waals surface area contributed by atoms with Crippen LogP contribution in [0.4, 0.5) is 11.4 Å². The topological polar surface area (TPSA) is 100 Å². The molecule has 4 atom stereocenters. The van der Waals surface area contributed by atoms with Crippen LogP contribution in [-0.4, -0.2) is 32.9 Å². The van der Waals surface area contributed by atoms with Crippen molar-refractivity contribution in [2.24, 2.45) is 11.8 Å². The number of amides is 2. The first-order valence-corrected chi connectivity index (χ1v) is 14.4. The number of nitrogens with zero attached hydrogens (tertiary/aromatic N) is 1. The number of benzene rings is 4. The predicted molar refractivity (Wildman–Crippen MR) is 168 cm³/mol. The molecule has 216 valence electrons. The summed E-state index contributed by atoms with van der Waals surface area (Å²) in [6, 6.07) is 35.7. The quantitative estimate of drug-likeness (QED) is 0.208. The number of fused-ring (bicyclic) bond motifs is 1. The van der Waals surface area contributed by atoms with E-state index in [1.54, 1.807) is 36.4 Å². The Balaban J connectivity index is 1.50. The Morgan fingerprint density at radius 2 is 1.33 bits per heavy atom. The zero-order valence-electron chi connectivity index (χ0n) is 23.8. The summed E-state index contributed by atoms with van der Waals surface area (Å²) in [5, 5.41) is 18.4. The maximum atomic E-state index is 14.1. The van der Waals surface area contributed by atoms with Gasteiger partial charge in [0, 0.05) is 47.4 Å². The van der Waals surface area contributed by atoms with Crippen LogP contribution in [0.25, 0.3) is 10.9 Å². The van der Waals surface area contributed by atoms with Gasteiger partial charge in [0.05, 0.1) is 11.5 Å². The second-order valence-electron chi connectivity index (χ2n) is 11.4. The second-order valence-corrected chi connectivity index (χ2v) is 11.4. The molecule has 4 aromatic carbocycles. The van der Waals surface area contributed by atoms with Crippen molar-refractivity contribution in [1.29, 1.82) is 0 Å². The van der Waals surface area contributed by atoms with Crippen molar-refractivity contribution in [3.8, 4) is 0 Å². The average Bonchev–Trinajstić information content (AvgIpc) is 3.35. The van der Waals surface area contributed by atoms with E-state index in [-0.39, 0.29) is 6.42 Å². The fourth-order valence-corrected chi connectivity index (χ4v) is 6.40. The van der Waals surface area contributed by atoms with Gasteiger partial charge in [-0.15, -0.1) is 0 Å². The Hall–Kier alpha value is -5.01. The van der Waals surface area contributed by atoms with Gasteiger partial charge in [-0.2, -0.15) is 0 Å². The normalized spacial score (nSPS) is 21.8. The summed E-state index contributed by atoms with van der Waals surface area (Å²) >= 11 is 0. The van der Waals surface area contributed by atoms with E-state index in [0.29, 0.717) is 23.5 Å². The lowest BCUT2D eigenvalue weighted by molar-refractivity contribution is -0.150. The Kier molecular flexibility index (Phi) is 7.65. The van der Waals surface area contributed by atoms with E-state index >= 15 is 0 Å². The second kappa shape index (κ2) is 11.7. The number of carbonyl (C=O) groups is 3. The van der Waals surface area contributed by atoms with E-state index < -0.39 is 41.0 Å². The lowest BCUT2D eigenvalue weighted by atomic mass is 9.61. The third kappa shape index (κ3) is 5.72. The smallest absolute Gasteiger partial charge is 0.235 e. The molecule has 2 amide bonds. The van der Waals surface area contributed by atoms with Gasteiger partial charge in [0.2, 0.25) is 11.8 Å². The minimum absolute atomic E-state index is 0.327. The predicted octanol–water partition coefficient (Wildman–Crippen LogP) is 6.01. The van der Waals surface area contributed by atoms with Crippen LogP contribution in [0.15, 0.2) is 121 Å². The molecule has 0 spiro atoms. The van der Waals surface area contributed by atoms with Crippen LogP contribution >= 0.6 is 0 Å². The zero-order valence-corrected chi connectivity index (χ0v) is 23.8. The molecular formula is C36H33N3O4. The number of aromatic nitrogens is 1. The number of ketones is 1. The summed E-state index contributed by atoms with van der Waals surface area (Å²) in [4.78, 5) is 41.9. The Morgan fingerprint density at radius 3 is 1.95 bits per heavy atom. The van der Waals surface area contributed by atoms with E-state index in [1.165, 1.54) is 6.92 Å². The molecular weight excluding hydrogens is 538 g/mol. The van der Waals surface area contributed by atoms with Crippen molar-refractivity contribution in [3.05, 3.63) is 133 Å². The highest BCUT2D eigenvalue weighted by molar-refractivity contribution is 6.11. The first-order valence-electron chi connectivity index (χ1n) is 14.4. The first-order chi connectivity index (χ1) is 20.8. The molecule has 1 fully saturated rings. The highest BCUT2D eigenvalue weighted by atomic mass is 16.3. The van der Waals surface area contributed by atoms with Crippen molar-refractivity contribution in [3.63, 3.8) is 0 Å². The van der Waals surface area contributed by atoms with Crippen molar-refractivity contribution in [1.82, 2.24) is 4.57 Å². The summed E-state index contributed by atoms with van der Waals surface area (Å²) in [6.07, 6.45) is 1.61. The highest BCUT2D eigenvalue weighted by Gasteiger charge is 2.56. The number of para-hydroxylation sites is 3. The van der Waals surface area contributed by atoms with Gasteiger partial charge in [-0.05, 0) is 48.4 Å². The standard InChI is InChI=1S/C36H33N3O4/c1-36(43)21-30(40)32(34(41)37-25-15-7-3-8-16-25)31(33(36)35(42)38-26-17-9-4-10-18-26)28-23-39(22-24-13-5-2-6-14-24)29-20-12-11-19-27(28)29/h2-20,23,31-33,43H,21-22H2,1H3,(H,37,41)(H,38,42). The lowest BCUT2D eigenvalue weighted by Gasteiger charge is -2.44. The van der Waals surface area contributed by atoms with Gasteiger partial charge >= 0.3 is 0 Å². The summed E-state index contributed by atoms with van der Waals surface area (Å²) in [5.41, 5.74) is 2.07. The van der Waals surface area contributed by atoms with Crippen LogP contribution in [0.1, 0.15) is 30.4 Å². The molecule has 43 heavy (non-hydrogen) atoms. The average molecular weight is 572 g/mol. The van der Waals surface area contributed by atoms with E-state index in [9.17, 15) is 19.5 Å². The molecule has 6 rings (SSSR count). The van der Waals surface area contributed by atoms with Crippen LogP contribution in [0.3, 0.4) is 0 Å². The van der Waals surface area contributed by atoms with Crippen LogP contribution in [0.5, 0.6) is 0 Å². The van der Waals surface area contributed by atoms with Gasteiger partial charge in [-0.25, -0.2) is 0 Å². The lowest BCUT2D eigenvalue weighted by Crippen LogP contribution is -2.56. The van der Waals surface area contributed by atoms with Crippen LogP contribution in [0.2, 0.25) is 0 Å². The zero-order chi connectivity index (χ0) is 30.0. The summed E-state index contributed by atoms with van der Waals surface area (Å²) < 4.78 is 2.08. The number of rotatable bonds is 7. The van der Waals surface area contributed by atoms with Crippen molar-refractivity contribution in [2.75, 3.05) is 10.6 Å². The van der Waals surface area contributed by atoms with E-state index in [4.69, 9.17) is 0 Å². The minimum atomic E-state index is -1.70. The first kappa shape index (κ1) is 28.1. The van der Waals surface area contributed by atoms with Crippen LogP contribution < -0.4 is 10.6 Å². The molecule has 0 radical (unpaired) electrons. The molecule has 5 aromatic rings. The molecule has 7 heteroatoms. The fourth-order valence-electron chi connectivity index (χ4n) is 6.40. The maximum absolute atomic E-state index is 14.1. The number of anilines is 2. The highest BCUT2D eigenvalue weighted by Crippen LogP contribution is 2.48. The van der Waals surface area contributed by atoms with Crippen molar-refractivity contribution >= 4 is 39.9 Å². The monoisotopic (exact) mass is 571 g/mol. The Bertz CT molecular complexity index is 1760. The summed E-state index contributed by atoms with van der Waals surface area (Å²) in [5.74, 6) is -4.62. The van der Waals surface area contributed by atoms with Gasteiger partial charge in [-0.1, -0.05) is 84.9 Å². The molecule has 3 N–H and O–H groups in total. The number of carbonyl (C=O) groups excluding carboxylic acids is 3. The van der Waals surface area contributed by atoms with E-state index in [0.717, 1.165) is 16.5 Å².